The Labute approximate surface area is 179 Å². The molecule has 162 valence electrons. The quantitative estimate of drug-likeness (QED) is 0.461. The normalized spacial score (nSPS) is 11.7. The van der Waals surface area contributed by atoms with Gasteiger partial charge in [-0.05, 0) is 42.3 Å². The van der Waals surface area contributed by atoms with Crippen LogP contribution in [0.1, 0.15) is 23.7 Å². The summed E-state index contributed by atoms with van der Waals surface area (Å²) in [6.45, 7) is 2.00. The van der Waals surface area contributed by atoms with Crippen molar-refractivity contribution in [1.29, 1.82) is 0 Å². The number of benzene rings is 2. The van der Waals surface area contributed by atoms with Crippen LogP contribution in [0.5, 0.6) is 0 Å². The molecule has 0 radical (unpaired) electrons. The van der Waals surface area contributed by atoms with Gasteiger partial charge in [0.2, 0.25) is 10.0 Å². The number of aliphatic carboxylic acids is 1. The zero-order valence-electron chi connectivity index (χ0n) is 17.0. The van der Waals surface area contributed by atoms with Crippen LogP contribution in [-0.2, 0) is 27.7 Å². The van der Waals surface area contributed by atoms with E-state index in [1.54, 1.807) is 12.1 Å². The number of hydrogen-bond acceptors (Lipinski definition) is 5. The molecule has 9 nitrogen and oxygen atoms in total. The van der Waals surface area contributed by atoms with Gasteiger partial charge in [0.25, 0.3) is 5.56 Å². The Morgan fingerprint density at radius 1 is 1.19 bits per heavy atom. The number of carboxylic acids is 1. The fraction of sp³-hybridized carbons (Fsp3) is 0.190. The molecule has 0 spiro atoms. The second kappa shape index (κ2) is 9.00. The maximum absolute atomic E-state index is 13.0. The molecule has 0 aliphatic carbocycles. The van der Waals surface area contributed by atoms with Crippen LogP contribution in [0.25, 0.3) is 5.69 Å². The summed E-state index contributed by atoms with van der Waals surface area (Å²) in [5.74, 6) is -1.09. The molecular formula is C21H22N4O5S. The highest BCUT2D eigenvalue weighted by atomic mass is 32.2. The lowest BCUT2D eigenvalue weighted by Gasteiger charge is -2.06. The average Bonchev–Trinajstić information content (AvgIpc) is 3.00. The molecule has 3 aromatic rings. The standard InChI is InChI=1S/C21H22N4O5S/c1-3-14-6-4-5-7-18(14)22-13-17-19(12-20(26)27)23-25(21(17)28)16-10-8-15(9-11-16)24-31(2,29)30/h4-11,13,23-24H,3,12H2,1-2H3,(H,26,27). The molecule has 0 saturated heterocycles. The fourth-order valence-corrected chi connectivity index (χ4v) is 3.62. The number of nitrogens with one attached hydrogen (secondary N) is 2. The molecule has 10 heteroatoms. The summed E-state index contributed by atoms with van der Waals surface area (Å²) < 4.78 is 26.3. The molecule has 1 heterocycles. The monoisotopic (exact) mass is 442 g/mol. The molecule has 0 bridgehead atoms. The number of nitrogens with zero attached hydrogens (tertiary/aromatic N) is 2. The highest BCUT2D eigenvalue weighted by Gasteiger charge is 2.16. The van der Waals surface area contributed by atoms with Gasteiger partial charge < -0.3 is 5.11 Å². The minimum atomic E-state index is -3.43. The fourth-order valence-electron chi connectivity index (χ4n) is 3.06. The van der Waals surface area contributed by atoms with Crippen LogP contribution in [-0.4, -0.2) is 41.7 Å². The SMILES string of the molecule is CCc1ccccc1N=Cc1c(CC(=O)O)[nH]n(-c2ccc(NS(C)(=O)=O)cc2)c1=O. The van der Waals surface area contributed by atoms with Gasteiger partial charge in [0, 0.05) is 11.9 Å². The number of aryl methyl sites for hydroxylation is 1. The summed E-state index contributed by atoms with van der Waals surface area (Å²) in [5.41, 5.74) is 2.37. The molecule has 0 atom stereocenters. The second-order valence-corrected chi connectivity index (χ2v) is 8.63. The van der Waals surface area contributed by atoms with E-state index in [0.717, 1.165) is 18.2 Å². The summed E-state index contributed by atoms with van der Waals surface area (Å²) in [6.07, 6.45) is 2.80. The molecule has 1 aromatic heterocycles. The molecule has 0 fully saturated rings. The molecule has 0 unspecified atom stereocenters. The third-order valence-electron chi connectivity index (χ3n) is 4.47. The number of hydrogen-bond donors (Lipinski definition) is 3. The molecule has 0 amide bonds. The second-order valence-electron chi connectivity index (χ2n) is 6.88. The van der Waals surface area contributed by atoms with E-state index < -0.39 is 21.6 Å². The summed E-state index contributed by atoms with van der Waals surface area (Å²) >= 11 is 0. The van der Waals surface area contributed by atoms with Crippen LogP contribution in [0.2, 0.25) is 0 Å². The Kier molecular flexibility index (Phi) is 6.40. The van der Waals surface area contributed by atoms with Gasteiger partial charge in [0.05, 0.1) is 35.3 Å². The zero-order valence-corrected chi connectivity index (χ0v) is 17.8. The molecule has 2 aromatic carbocycles. The van der Waals surface area contributed by atoms with Crippen LogP contribution in [0, 0.1) is 0 Å². The maximum Gasteiger partial charge on any atom is 0.309 e. The largest absolute Gasteiger partial charge is 0.481 e. The number of carboxylic acid groups (broad SMARTS) is 1. The van der Waals surface area contributed by atoms with E-state index in [9.17, 15) is 23.1 Å². The first-order valence-corrected chi connectivity index (χ1v) is 11.3. The Morgan fingerprint density at radius 3 is 2.48 bits per heavy atom. The average molecular weight is 442 g/mol. The first-order valence-electron chi connectivity index (χ1n) is 9.44. The van der Waals surface area contributed by atoms with Crippen LogP contribution in [0.3, 0.4) is 0 Å². The highest BCUT2D eigenvalue weighted by molar-refractivity contribution is 7.92. The van der Waals surface area contributed by atoms with Crippen molar-refractivity contribution < 1.29 is 18.3 Å². The number of aliphatic imine (C=N–C) groups is 1. The van der Waals surface area contributed by atoms with Crippen molar-refractivity contribution in [3.63, 3.8) is 0 Å². The van der Waals surface area contributed by atoms with E-state index in [-0.39, 0.29) is 17.7 Å². The van der Waals surface area contributed by atoms with Crippen LogP contribution >= 0.6 is 0 Å². The lowest BCUT2D eigenvalue weighted by Crippen LogP contribution is -2.17. The molecule has 0 saturated carbocycles. The van der Waals surface area contributed by atoms with Gasteiger partial charge in [0.1, 0.15) is 0 Å². The lowest BCUT2D eigenvalue weighted by molar-refractivity contribution is -0.136. The van der Waals surface area contributed by atoms with Crippen molar-refractivity contribution in [2.45, 2.75) is 19.8 Å². The van der Waals surface area contributed by atoms with Crippen LogP contribution in [0.4, 0.5) is 11.4 Å². The number of H-pyrrole nitrogens is 1. The number of aromatic nitrogens is 2. The van der Waals surface area contributed by atoms with Crippen molar-refractivity contribution in [2.24, 2.45) is 4.99 Å². The van der Waals surface area contributed by atoms with E-state index in [1.807, 2.05) is 31.2 Å². The van der Waals surface area contributed by atoms with Gasteiger partial charge in [-0.25, -0.2) is 13.1 Å². The van der Waals surface area contributed by atoms with Gasteiger partial charge in [-0.2, -0.15) is 0 Å². The van der Waals surface area contributed by atoms with Gasteiger partial charge in [0.15, 0.2) is 0 Å². The van der Waals surface area contributed by atoms with Crippen molar-refractivity contribution in [1.82, 2.24) is 9.78 Å². The summed E-state index contributed by atoms with van der Waals surface area (Å²) in [5, 5.41) is 12.1. The van der Waals surface area contributed by atoms with Gasteiger partial charge in [-0.15, -0.1) is 0 Å². The van der Waals surface area contributed by atoms with E-state index >= 15 is 0 Å². The summed E-state index contributed by atoms with van der Waals surface area (Å²) in [4.78, 5) is 28.7. The van der Waals surface area contributed by atoms with Gasteiger partial charge in [-0.1, -0.05) is 25.1 Å². The first kappa shape index (κ1) is 22.0. The van der Waals surface area contributed by atoms with E-state index in [0.29, 0.717) is 17.1 Å². The third-order valence-corrected chi connectivity index (χ3v) is 5.07. The zero-order chi connectivity index (χ0) is 22.6. The lowest BCUT2D eigenvalue weighted by atomic mass is 10.1. The number of sulfonamides is 1. The smallest absolute Gasteiger partial charge is 0.309 e. The molecular weight excluding hydrogens is 420 g/mol. The first-order chi connectivity index (χ1) is 14.7. The van der Waals surface area contributed by atoms with Crippen LogP contribution < -0.4 is 10.3 Å². The minimum Gasteiger partial charge on any atom is -0.481 e. The Hall–Kier alpha value is -3.66. The molecule has 3 N–H and O–H groups in total. The van der Waals surface area contributed by atoms with Crippen molar-refractivity contribution in [2.75, 3.05) is 11.0 Å². The summed E-state index contributed by atoms with van der Waals surface area (Å²) in [6, 6.07) is 13.6. The Balaban J connectivity index is 2.02. The Bertz CT molecular complexity index is 1290. The topological polar surface area (TPSA) is 134 Å². The highest BCUT2D eigenvalue weighted by Crippen LogP contribution is 2.19. The van der Waals surface area contributed by atoms with Crippen molar-refractivity contribution in [3.8, 4) is 5.69 Å². The number of carbonyl (C=O) groups is 1. The number of rotatable bonds is 8. The molecule has 31 heavy (non-hydrogen) atoms. The predicted molar refractivity (Wildman–Crippen MR) is 119 cm³/mol. The number of anilines is 1. The van der Waals surface area contributed by atoms with Crippen molar-refractivity contribution in [3.05, 3.63) is 75.7 Å². The summed E-state index contributed by atoms with van der Waals surface area (Å²) in [7, 11) is -3.43. The Morgan fingerprint density at radius 2 is 1.87 bits per heavy atom. The molecule has 0 aliphatic rings. The molecule has 3 rings (SSSR count). The van der Waals surface area contributed by atoms with Crippen molar-refractivity contribution >= 4 is 33.6 Å². The van der Waals surface area contributed by atoms with E-state index in [4.69, 9.17) is 0 Å². The number of aromatic amines is 1. The van der Waals surface area contributed by atoms with Crippen LogP contribution in [0.15, 0.2) is 58.3 Å². The minimum absolute atomic E-state index is 0.145. The maximum atomic E-state index is 13.0. The predicted octanol–water partition coefficient (Wildman–Crippen LogP) is 2.48. The van der Waals surface area contributed by atoms with E-state index in [1.165, 1.54) is 23.0 Å². The molecule has 0 aliphatic heterocycles. The number of para-hydroxylation sites is 1. The van der Waals surface area contributed by atoms with E-state index in [2.05, 4.69) is 14.8 Å². The van der Waals surface area contributed by atoms with Gasteiger partial charge >= 0.3 is 5.97 Å². The third kappa shape index (κ3) is 5.48. The van der Waals surface area contributed by atoms with Gasteiger partial charge in [-0.3, -0.25) is 24.4 Å².